The molecule has 164 valence electrons. The number of piperidine rings is 1. The van der Waals surface area contributed by atoms with Crippen LogP contribution >= 0.6 is 15.9 Å². The van der Waals surface area contributed by atoms with Gasteiger partial charge in [0.1, 0.15) is 11.5 Å². The fourth-order valence-corrected chi connectivity index (χ4v) is 4.21. The van der Waals surface area contributed by atoms with Gasteiger partial charge < -0.3 is 9.42 Å². The molecule has 0 aliphatic carbocycles. The standard InChI is InChI=1S/C21H16BrF3N6O/c22-15-9-14-1-2-17(28-18(14)27-11-15)31-7-4-12(5-8-31)13-3-6-26-16(10-13)19-29-20(32-30-19)21(23,24)25/h1-3,6,9-12H,4-5,7-8H2. The van der Waals surface area contributed by atoms with E-state index in [1.807, 2.05) is 24.3 Å². The maximum absolute atomic E-state index is 12.7. The van der Waals surface area contributed by atoms with Crippen molar-refractivity contribution >= 4 is 32.8 Å². The molecule has 0 radical (unpaired) electrons. The van der Waals surface area contributed by atoms with E-state index in [0.717, 1.165) is 47.2 Å². The molecule has 1 aliphatic heterocycles. The smallest absolute Gasteiger partial charge is 0.357 e. The maximum atomic E-state index is 12.7. The number of hydrogen-bond donors (Lipinski definition) is 0. The molecule has 4 aromatic heterocycles. The molecule has 0 aromatic carbocycles. The second-order valence-electron chi connectivity index (χ2n) is 7.53. The lowest BCUT2D eigenvalue weighted by Crippen LogP contribution is -2.33. The zero-order valence-electron chi connectivity index (χ0n) is 16.6. The summed E-state index contributed by atoms with van der Waals surface area (Å²) in [6.07, 6.45) is 0.357. The van der Waals surface area contributed by atoms with E-state index in [0.29, 0.717) is 5.65 Å². The van der Waals surface area contributed by atoms with Crippen molar-refractivity contribution in [1.29, 1.82) is 0 Å². The van der Waals surface area contributed by atoms with Crippen LogP contribution < -0.4 is 4.90 Å². The number of halogens is 4. The van der Waals surface area contributed by atoms with Crippen LogP contribution in [0.3, 0.4) is 0 Å². The van der Waals surface area contributed by atoms with E-state index >= 15 is 0 Å². The number of alkyl halides is 3. The van der Waals surface area contributed by atoms with Crippen molar-refractivity contribution < 1.29 is 17.7 Å². The zero-order chi connectivity index (χ0) is 22.3. The molecule has 7 nitrogen and oxygen atoms in total. The summed E-state index contributed by atoms with van der Waals surface area (Å²) in [7, 11) is 0. The molecule has 5 heterocycles. The highest BCUT2D eigenvalue weighted by molar-refractivity contribution is 9.10. The van der Waals surface area contributed by atoms with Gasteiger partial charge in [0.05, 0.1) is 0 Å². The fraction of sp³-hybridized carbons (Fsp3) is 0.286. The summed E-state index contributed by atoms with van der Waals surface area (Å²) in [6, 6.07) is 9.60. The highest BCUT2D eigenvalue weighted by Gasteiger charge is 2.38. The zero-order valence-corrected chi connectivity index (χ0v) is 18.1. The lowest BCUT2D eigenvalue weighted by Gasteiger charge is -2.33. The first kappa shape index (κ1) is 20.8. The van der Waals surface area contributed by atoms with Gasteiger partial charge >= 0.3 is 12.1 Å². The van der Waals surface area contributed by atoms with E-state index in [4.69, 9.17) is 0 Å². The molecule has 0 atom stereocenters. The molecule has 0 bridgehead atoms. The molecule has 5 rings (SSSR count). The van der Waals surface area contributed by atoms with Gasteiger partial charge in [-0.05, 0) is 70.6 Å². The van der Waals surface area contributed by atoms with Crippen molar-refractivity contribution in [3.63, 3.8) is 0 Å². The predicted molar refractivity (Wildman–Crippen MR) is 114 cm³/mol. The minimum absolute atomic E-state index is 0.170. The summed E-state index contributed by atoms with van der Waals surface area (Å²) in [5.74, 6) is -0.418. The van der Waals surface area contributed by atoms with Crippen LogP contribution in [0.25, 0.3) is 22.6 Å². The lowest BCUT2D eigenvalue weighted by atomic mass is 9.89. The molecule has 1 fully saturated rings. The molecule has 1 aliphatic rings. The van der Waals surface area contributed by atoms with Crippen LogP contribution in [-0.4, -0.2) is 38.2 Å². The predicted octanol–water partition coefficient (Wildman–Crippen LogP) is 5.24. The number of nitrogens with zero attached hydrogens (tertiary/aromatic N) is 6. The van der Waals surface area contributed by atoms with Gasteiger partial charge in [-0.25, -0.2) is 9.97 Å². The molecule has 4 aromatic rings. The molecule has 32 heavy (non-hydrogen) atoms. The third-order valence-corrected chi connectivity index (χ3v) is 5.90. The topological polar surface area (TPSA) is 80.8 Å². The average Bonchev–Trinajstić information content (AvgIpc) is 3.30. The van der Waals surface area contributed by atoms with Gasteiger partial charge in [-0.3, -0.25) is 4.98 Å². The molecular formula is C21H16BrF3N6O. The second-order valence-corrected chi connectivity index (χ2v) is 8.44. The van der Waals surface area contributed by atoms with Crippen LogP contribution in [0.5, 0.6) is 0 Å². The summed E-state index contributed by atoms with van der Waals surface area (Å²) >= 11 is 3.42. The van der Waals surface area contributed by atoms with Crippen molar-refractivity contribution in [2.24, 2.45) is 0 Å². The highest BCUT2D eigenvalue weighted by atomic mass is 79.9. The van der Waals surface area contributed by atoms with E-state index in [2.05, 4.69) is 50.4 Å². The van der Waals surface area contributed by atoms with Crippen molar-refractivity contribution in [3.8, 4) is 11.5 Å². The van der Waals surface area contributed by atoms with Crippen LogP contribution in [-0.2, 0) is 6.18 Å². The first-order chi connectivity index (χ1) is 15.4. The largest absolute Gasteiger partial charge is 0.471 e. The first-order valence-corrected chi connectivity index (χ1v) is 10.7. The second kappa shape index (κ2) is 8.12. The summed E-state index contributed by atoms with van der Waals surface area (Å²) in [5, 5.41) is 4.40. The number of rotatable bonds is 3. The maximum Gasteiger partial charge on any atom is 0.471 e. The molecule has 0 N–H and O–H groups in total. The van der Waals surface area contributed by atoms with Crippen molar-refractivity contribution in [2.45, 2.75) is 24.9 Å². The normalized spacial score (nSPS) is 15.4. The van der Waals surface area contributed by atoms with Crippen molar-refractivity contribution in [3.05, 3.63) is 58.7 Å². The van der Waals surface area contributed by atoms with E-state index < -0.39 is 12.1 Å². The monoisotopic (exact) mass is 504 g/mol. The highest BCUT2D eigenvalue weighted by Crippen LogP contribution is 2.33. The Kier molecular flexibility index (Phi) is 5.28. The number of fused-ring (bicyclic) bond motifs is 1. The van der Waals surface area contributed by atoms with Gasteiger partial charge in [0.2, 0.25) is 5.82 Å². The fourth-order valence-electron chi connectivity index (χ4n) is 3.86. The van der Waals surface area contributed by atoms with Gasteiger partial charge in [0.15, 0.2) is 5.65 Å². The number of anilines is 1. The van der Waals surface area contributed by atoms with Crippen LogP contribution in [0.1, 0.15) is 30.2 Å². The Morgan fingerprint density at radius 1 is 1.03 bits per heavy atom. The molecule has 0 spiro atoms. The Hall–Kier alpha value is -3.08. The third kappa shape index (κ3) is 4.16. The van der Waals surface area contributed by atoms with Gasteiger partial charge in [0, 0.05) is 35.3 Å². The Morgan fingerprint density at radius 3 is 2.59 bits per heavy atom. The molecular weight excluding hydrogens is 489 g/mol. The first-order valence-electron chi connectivity index (χ1n) is 9.91. The van der Waals surface area contributed by atoms with Gasteiger partial charge in [-0.15, -0.1) is 0 Å². The summed E-state index contributed by atoms with van der Waals surface area (Å²) < 4.78 is 43.4. The van der Waals surface area contributed by atoms with Crippen LogP contribution in [0, 0.1) is 0 Å². The molecule has 11 heteroatoms. The van der Waals surface area contributed by atoms with Crippen molar-refractivity contribution in [1.82, 2.24) is 25.1 Å². The number of aromatic nitrogens is 5. The number of pyridine rings is 3. The Morgan fingerprint density at radius 2 is 1.84 bits per heavy atom. The molecule has 1 saturated heterocycles. The summed E-state index contributed by atoms with van der Waals surface area (Å²) in [4.78, 5) is 18.8. The Bertz CT molecular complexity index is 1270. The van der Waals surface area contributed by atoms with Gasteiger partial charge in [-0.1, -0.05) is 5.16 Å². The minimum atomic E-state index is -4.68. The van der Waals surface area contributed by atoms with E-state index in [1.54, 1.807) is 18.5 Å². The van der Waals surface area contributed by atoms with E-state index in [1.165, 1.54) is 0 Å². The quantitative estimate of drug-likeness (QED) is 0.377. The minimum Gasteiger partial charge on any atom is -0.357 e. The van der Waals surface area contributed by atoms with E-state index in [-0.39, 0.29) is 17.4 Å². The van der Waals surface area contributed by atoms with Gasteiger partial charge in [-0.2, -0.15) is 18.2 Å². The molecule has 0 saturated carbocycles. The Balaban J connectivity index is 1.30. The Labute approximate surface area is 188 Å². The molecule has 0 amide bonds. The third-order valence-electron chi connectivity index (χ3n) is 5.47. The van der Waals surface area contributed by atoms with Crippen LogP contribution in [0.2, 0.25) is 0 Å². The average molecular weight is 505 g/mol. The summed E-state index contributed by atoms with van der Waals surface area (Å²) in [5.41, 5.74) is 1.95. The van der Waals surface area contributed by atoms with Gasteiger partial charge in [0.25, 0.3) is 0 Å². The SMILES string of the molecule is FC(F)(F)c1nc(-c2cc(C3CCN(c4ccc5cc(Br)cnc5n4)CC3)ccn2)no1. The lowest BCUT2D eigenvalue weighted by molar-refractivity contribution is -0.159. The number of hydrogen-bond acceptors (Lipinski definition) is 7. The summed E-state index contributed by atoms with van der Waals surface area (Å²) in [6.45, 7) is 1.61. The van der Waals surface area contributed by atoms with Crippen molar-refractivity contribution in [2.75, 3.05) is 18.0 Å². The van der Waals surface area contributed by atoms with E-state index in [9.17, 15) is 13.2 Å². The molecule has 0 unspecified atom stereocenters. The van der Waals surface area contributed by atoms with Crippen LogP contribution in [0.15, 0.2) is 51.7 Å². The van der Waals surface area contributed by atoms with Crippen LogP contribution in [0.4, 0.5) is 19.0 Å².